The number of carbonyl (C=O) groups is 1. The quantitative estimate of drug-likeness (QED) is 0.870. The summed E-state index contributed by atoms with van der Waals surface area (Å²) < 4.78 is 7.28. The number of carbonyl (C=O) groups excluding carboxylic acids is 1. The first-order valence-electron chi connectivity index (χ1n) is 7.85. The van der Waals surface area contributed by atoms with Crippen LogP contribution >= 0.6 is 0 Å². The van der Waals surface area contributed by atoms with Crippen LogP contribution in [0.4, 0.5) is 0 Å². The van der Waals surface area contributed by atoms with Crippen molar-refractivity contribution in [2.24, 2.45) is 0 Å². The Kier molecular flexibility index (Phi) is 4.27. The Hall–Kier alpha value is -2.11. The highest BCUT2D eigenvalue weighted by atomic mass is 16.5. The Labute approximate surface area is 130 Å². The highest BCUT2D eigenvalue weighted by molar-refractivity contribution is 5.76. The molecule has 0 aromatic carbocycles. The summed E-state index contributed by atoms with van der Waals surface area (Å²) in [4.78, 5) is 18.7. The van der Waals surface area contributed by atoms with E-state index in [-0.39, 0.29) is 17.7 Å². The zero-order chi connectivity index (χ0) is 15.5. The maximum atomic E-state index is 12.3. The van der Waals surface area contributed by atoms with E-state index in [1.807, 2.05) is 34.0 Å². The van der Waals surface area contributed by atoms with E-state index in [0.717, 1.165) is 37.6 Å². The molecule has 0 aliphatic carbocycles. The third-order valence-corrected chi connectivity index (χ3v) is 4.15. The van der Waals surface area contributed by atoms with E-state index in [9.17, 15) is 4.79 Å². The van der Waals surface area contributed by atoms with Crippen LogP contribution in [0.15, 0.2) is 29.0 Å². The molecule has 0 radical (unpaired) electrons. The van der Waals surface area contributed by atoms with Crippen LogP contribution in [0.1, 0.15) is 50.2 Å². The van der Waals surface area contributed by atoms with Gasteiger partial charge in [-0.3, -0.25) is 4.79 Å². The summed E-state index contributed by atoms with van der Waals surface area (Å²) in [5.74, 6) is 2.21. The van der Waals surface area contributed by atoms with Crippen molar-refractivity contribution in [2.75, 3.05) is 13.1 Å². The van der Waals surface area contributed by atoms with Crippen LogP contribution in [0.3, 0.4) is 0 Å². The number of aromatic nitrogens is 3. The SMILES string of the molecule is CC(C)c1noc(C2CCN(C(=O)Cn3cccc3)CC2)n1. The topological polar surface area (TPSA) is 64.2 Å². The average molecular weight is 302 g/mol. The smallest absolute Gasteiger partial charge is 0.242 e. The highest BCUT2D eigenvalue weighted by Crippen LogP contribution is 2.27. The summed E-state index contributed by atoms with van der Waals surface area (Å²) in [6, 6.07) is 3.86. The van der Waals surface area contributed by atoms with Crippen molar-refractivity contribution in [2.45, 2.75) is 45.1 Å². The second kappa shape index (κ2) is 6.34. The van der Waals surface area contributed by atoms with E-state index < -0.39 is 0 Å². The van der Waals surface area contributed by atoms with Gasteiger partial charge in [-0.1, -0.05) is 19.0 Å². The predicted molar refractivity (Wildman–Crippen MR) is 81.4 cm³/mol. The van der Waals surface area contributed by atoms with Crippen LogP contribution in [-0.4, -0.2) is 38.6 Å². The molecular weight excluding hydrogens is 280 g/mol. The predicted octanol–water partition coefficient (Wildman–Crippen LogP) is 2.40. The van der Waals surface area contributed by atoms with Crippen molar-refractivity contribution >= 4 is 5.91 Å². The van der Waals surface area contributed by atoms with Crippen molar-refractivity contribution in [1.29, 1.82) is 0 Å². The lowest BCUT2D eigenvalue weighted by Gasteiger charge is -2.30. The van der Waals surface area contributed by atoms with Crippen LogP contribution in [0.5, 0.6) is 0 Å². The molecule has 22 heavy (non-hydrogen) atoms. The number of piperidine rings is 1. The molecular formula is C16H22N4O2. The Morgan fingerprint density at radius 3 is 2.59 bits per heavy atom. The van der Waals surface area contributed by atoms with E-state index in [4.69, 9.17) is 4.52 Å². The van der Waals surface area contributed by atoms with Gasteiger partial charge in [-0.2, -0.15) is 4.98 Å². The lowest BCUT2D eigenvalue weighted by atomic mass is 9.96. The molecule has 1 aliphatic rings. The van der Waals surface area contributed by atoms with Gasteiger partial charge in [-0.15, -0.1) is 0 Å². The van der Waals surface area contributed by atoms with Crippen LogP contribution in [0, 0.1) is 0 Å². The second-order valence-corrected chi connectivity index (χ2v) is 6.16. The molecule has 2 aromatic rings. The molecule has 3 heterocycles. The summed E-state index contributed by atoms with van der Waals surface area (Å²) in [5.41, 5.74) is 0. The van der Waals surface area contributed by atoms with Crippen LogP contribution < -0.4 is 0 Å². The summed E-state index contributed by atoms with van der Waals surface area (Å²) in [6.45, 7) is 6.03. The second-order valence-electron chi connectivity index (χ2n) is 6.16. The van der Waals surface area contributed by atoms with Gasteiger partial charge in [-0.05, 0) is 25.0 Å². The van der Waals surface area contributed by atoms with E-state index in [2.05, 4.69) is 24.0 Å². The Balaban J connectivity index is 1.54. The molecule has 0 spiro atoms. The van der Waals surface area contributed by atoms with Crippen LogP contribution in [0.2, 0.25) is 0 Å². The Bertz CT molecular complexity index is 610. The molecule has 0 bridgehead atoms. The fourth-order valence-corrected chi connectivity index (χ4v) is 2.76. The zero-order valence-electron chi connectivity index (χ0n) is 13.1. The standard InChI is InChI=1S/C16H22N4O2/c1-12(2)15-17-16(22-18-15)13-5-9-20(10-6-13)14(21)11-19-7-3-4-8-19/h3-4,7-8,12-13H,5-6,9-11H2,1-2H3. The number of hydrogen-bond acceptors (Lipinski definition) is 4. The van der Waals surface area contributed by atoms with Crippen molar-refractivity contribution in [3.05, 3.63) is 36.2 Å². The van der Waals surface area contributed by atoms with Gasteiger partial charge in [-0.25, -0.2) is 0 Å². The molecule has 1 amide bonds. The number of hydrogen-bond donors (Lipinski definition) is 0. The lowest BCUT2D eigenvalue weighted by molar-refractivity contribution is -0.132. The lowest BCUT2D eigenvalue weighted by Crippen LogP contribution is -2.39. The van der Waals surface area contributed by atoms with E-state index >= 15 is 0 Å². The molecule has 0 atom stereocenters. The zero-order valence-corrected chi connectivity index (χ0v) is 13.1. The largest absolute Gasteiger partial charge is 0.345 e. The van der Waals surface area contributed by atoms with Crippen LogP contribution in [0.25, 0.3) is 0 Å². The van der Waals surface area contributed by atoms with Gasteiger partial charge < -0.3 is 14.0 Å². The third kappa shape index (κ3) is 3.21. The van der Waals surface area contributed by atoms with E-state index in [1.54, 1.807) is 0 Å². The van der Waals surface area contributed by atoms with Gasteiger partial charge in [0.15, 0.2) is 5.82 Å². The van der Waals surface area contributed by atoms with Gasteiger partial charge in [0.05, 0.1) is 0 Å². The average Bonchev–Trinajstić information content (AvgIpc) is 3.18. The highest BCUT2D eigenvalue weighted by Gasteiger charge is 2.27. The molecule has 0 N–H and O–H groups in total. The first-order valence-corrected chi connectivity index (χ1v) is 7.85. The fraction of sp³-hybridized carbons (Fsp3) is 0.562. The van der Waals surface area contributed by atoms with Crippen molar-refractivity contribution in [3.63, 3.8) is 0 Å². The summed E-state index contributed by atoms with van der Waals surface area (Å²) in [7, 11) is 0. The minimum absolute atomic E-state index is 0.169. The van der Waals surface area contributed by atoms with Crippen LogP contribution in [-0.2, 0) is 11.3 Å². The molecule has 2 aromatic heterocycles. The minimum atomic E-state index is 0.169. The van der Waals surface area contributed by atoms with E-state index in [1.165, 1.54) is 0 Å². The van der Waals surface area contributed by atoms with Gasteiger partial charge in [0, 0.05) is 37.3 Å². The van der Waals surface area contributed by atoms with Gasteiger partial charge in [0.25, 0.3) is 0 Å². The monoisotopic (exact) mass is 302 g/mol. The Morgan fingerprint density at radius 2 is 2.00 bits per heavy atom. The number of nitrogens with zero attached hydrogens (tertiary/aromatic N) is 4. The number of likely N-dealkylation sites (tertiary alicyclic amines) is 1. The molecule has 0 unspecified atom stereocenters. The minimum Gasteiger partial charge on any atom is -0.345 e. The molecule has 1 aliphatic heterocycles. The summed E-state index contributed by atoms with van der Waals surface area (Å²) >= 11 is 0. The molecule has 6 heteroatoms. The molecule has 1 saturated heterocycles. The first-order chi connectivity index (χ1) is 10.6. The third-order valence-electron chi connectivity index (χ3n) is 4.15. The van der Waals surface area contributed by atoms with E-state index in [0.29, 0.717) is 6.54 Å². The molecule has 1 fully saturated rings. The van der Waals surface area contributed by atoms with Gasteiger partial charge in [0.1, 0.15) is 6.54 Å². The van der Waals surface area contributed by atoms with Gasteiger partial charge in [0.2, 0.25) is 11.8 Å². The number of amides is 1. The first kappa shape index (κ1) is 14.8. The Morgan fingerprint density at radius 1 is 1.32 bits per heavy atom. The molecule has 0 saturated carbocycles. The molecule has 6 nitrogen and oxygen atoms in total. The molecule has 118 valence electrons. The van der Waals surface area contributed by atoms with Crippen molar-refractivity contribution in [3.8, 4) is 0 Å². The normalized spacial score (nSPS) is 16.4. The molecule has 3 rings (SSSR count). The summed E-state index contributed by atoms with van der Waals surface area (Å²) in [5, 5.41) is 4.02. The maximum absolute atomic E-state index is 12.3. The maximum Gasteiger partial charge on any atom is 0.242 e. The number of rotatable bonds is 4. The summed E-state index contributed by atoms with van der Waals surface area (Å²) in [6.07, 6.45) is 5.60. The fourth-order valence-electron chi connectivity index (χ4n) is 2.76. The van der Waals surface area contributed by atoms with Gasteiger partial charge >= 0.3 is 0 Å². The van der Waals surface area contributed by atoms with Crippen molar-refractivity contribution in [1.82, 2.24) is 19.6 Å². The van der Waals surface area contributed by atoms with Crippen molar-refractivity contribution < 1.29 is 9.32 Å².